The molecule has 0 aromatic heterocycles. The molecule has 0 bridgehead atoms. The summed E-state index contributed by atoms with van der Waals surface area (Å²) in [4.78, 5) is 10.4. The maximum atomic E-state index is 11.9. The molecule has 0 aliphatic heterocycles. The van der Waals surface area contributed by atoms with E-state index in [-0.39, 0.29) is 17.7 Å². The van der Waals surface area contributed by atoms with Gasteiger partial charge in [0.15, 0.2) is 6.61 Å². The van der Waals surface area contributed by atoms with E-state index in [2.05, 4.69) is 4.74 Å². The Hall–Kier alpha value is -1.72. The number of benzene rings is 1. The van der Waals surface area contributed by atoms with Gasteiger partial charge in [-0.2, -0.15) is 13.2 Å². The van der Waals surface area contributed by atoms with Crippen molar-refractivity contribution in [2.75, 3.05) is 6.61 Å². The molecular formula is C10H9F3O3. The van der Waals surface area contributed by atoms with Gasteiger partial charge < -0.3 is 9.84 Å². The fourth-order valence-corrected chi connectivity index (χ4v) is 1.11. The largest absolute Gasteiger partial charge is 0.484 e. The van der Waals surface area contributed by atoms with Gasteiger partial charge in [-0.25, -0.2) is 0 Å². The van der Waals surface area contributed by atoms with Crippen LogP contribution in [0, 0.1) is 0 Å². The maximum absolute atomic E-state index is 11.9. The van der Waals surface area contributed by atoms with Crippen molar-refractivity contribution >= 4 is 5.97 Å². The highest BCUT2D eigenvalue weighted by atomic mass is 19.4. The lowest BCUT2D eigenvalue weighted by Gasteiger charge is -2.11. The molecule has 0 aliphatic carbocycles. The van der Waals surface area contributed by atoms with Crippen LogP contribution in [0.15, 0.2) is 24.3 Å². The normalized spacial score (nSPS) is 11.2. The van der Waals surface area contributed by atoms with Crippen LogP contribution in [-0.4, -0.2) is 23.9 Å². The Kier molecular flexibility index (Phi) is 3.76. The Bertz CT molecular complexity index is 374. The molecule has 0 saturated carbocycles. The number of carboxylic acid groups (broad SMARTS) is 1. The SMILES string of the molecule is O=C(O)Cc1ccccc1OCC(F)(F)F. The van der Waals surface area contributed by atoms with E-state index in [4.69, 9.17) is 5.11 Å². The number of aliphatic carboxylic acids is 1. The molecule has 1 aromatic rings. The molecule has 0 aliphatic rings. The van der Waals surface area contributed by atoms with Crippen molar-refractivity contribution in [3.63, 3.8) is 0 Å². The third kappa shape index (κ3) is 4.20. The molecule has 88 valence electrons. The van der Waals surface area contributed by atoms with Crippen molar-refractivity contribution in [2.24, 2.45) is 0 Å². The zero-order valence-corrected chi connectivity index (χ0v) is 8.12. The van der Waals surface area contributed by atoms with Gasteiger partial charge in [-0.1, -0.05) is 18.2 Å². The van der Waals surface area contributed by atoms with Gasteiger partial charge in [0.05, 0.1) is 6.42 Å². The summed E-state index contributed by atoms with van der Waals surface area (Å²) in [5.41, 5.74) is 0.222. The van der Waals surface area contributed by atoms with E-state index in [1.165, 1.54) is 18.2 Å². The van der Waals surface area contributed by atoms with Gasteiger partial charge in [-0.15, -0.1) is 0 Å². The second-order valence-electron chi connectivity index (χ2n) is 3.08. The fourth-order valence-electron chi connectivity index (χ4n) is 1.11. The van der Waals surface area contributed by atoms with Crippen LogP contribution in [0.2, 0.25) is 0 Å². The smallest absolute Gasteiger partial charge is 0.422 e. The second-order valence-corrected chi connectivity index (χ2v) is 3.08. The van der Waals surface area contributed by atoms with E-state index < -0.39 is 18.8 Å². The van der Waals surface area contributed by atoms with Crippen LogP contribution in [-0.2, 0) is 11.2 Å². The summed E-state index contributed by atoms with van der Waals surface area (Å²) in [5, 5.41) is 8.54. The fraction of sp³-hybridized carbons (Fsp3) is 0.300. The van der Waals surface area contributed by atoms with Crippen LogP contribution in [0.25, 0.3) is 0 Å². The van der Waals surface area contributed by atoms with Crippen LogP contribution >= 0.6 is 0 Å². The molecule has 16 heavy (non-hydrogen) atoms. The molecule has 1 rings (SSSR count). The number of carboxylic acids is 1. The van der Waals surface area contributed by atoms with Gasteiger partial charge in [0.2, 0.25) is 0 Å². The number of halogens is 3. The summed E-state index contributed by atoms with van der Waals surface area (Å²) in [6, 6.07) is 5.75. The molecule has 0 amide bonds. The first-order valence-corrected chi connectivity index (χ1v) is 4.38. The van der Waals surface area contributed by atoms with Crippen LogP contribution in [0.3, 0.4) is 0 Å². The third-order valence-corrected chi connectivity index (χ3v) is 1.71. The first kappa shape index (κ1) is 12.4. The van der Waals surface area contributed by atoms with E-state index in [0.717, 1.165) is 0 Å². The quantitative estimate of drug-likeness (QED) is 0.869. The van der Waals surface area contributed by atoms with Gasteiger partial charge in [0, 0.05) is 5.56 Å². The molecule has 0 unspecified atom stereocenters. The zero-order valence-electron chi connectivity index (χ0n) is 8.12. The molecule has 0 heterocycles. The molecule has 0 saturated heterocycles. The lowest BCUT2D eigenvalue weighted by molar-refractivity contribution is -0.153. The van der Waals surface area contributed by atoms with Crippen LogP contribution < -0.4 is 4.74 Å². The van der Waals surface area contributed by atoms with E-state index in [1.54, 1.807) is 6.07 Å². The lowest BCUT2D eigenvalue weighted by Crippen LogP contribution is -2.20. The Labute approximate surface area is 89.5 Å². The molecule has 3 nitrogen and oxygen atoms in total. The van der Waals surface area contributed by atoms with Crippen molar-refractivity contribution in [1.82, 2.24) is 0 Å². The average molecular weight is 234 g/mol. The summed E-state index contributed by atoms with van der Waals surface area (Å²) >= 11 is 0. The van der Waals surface area contributed by atoms with E-state index in [9.17, 15) is 18.0 Å². The third-order valence-electron chi connectivity index (χ3n) is 1.71. The molecule has 1 N–H and O–H groups in total. The molecule has 0 spiro atoms. The lowest BCUT2D eigenvalue weighted by atomic mass is 10.1. The number of carbonyl (C=O) groups is 1. The highest BCUT2D eigenvalue weighted by molar-refractivity contribution is 5.71. The predicted octanol–water partition coefficient (Wildman–Crippen LogP) is 2.25. The number of rotatable bonds is 4. The molecule has 6 heteroatoms. The summed E-state index contributed by atoms with van der Waals surface area (Å²) in [6.45, 7) is -1.43. The van der Waals surface area contributed by atoms with Gasteiger partial charge in [0.1, 0.15) is 5.75 Å². The zero-order chi connectivity index (χ0) is 12.2. The Morgan fingerprint density at radius 2 is 1.94 bits per heavy atom. The summed E-state index contributed by atoms with van der Waals surface area (Å²) < 4.78 is 40.2. The summed E-state index contributed by atoms with van der Waals surface area (Å²) in [6.07, 6.45) is -4.80. The Morgan fingerprint density at radius 3 is 2.50 bits per heavy atom. The summed E-state index contributed by atoms with van der Waals surface area (Å²) in [7, 11) is 0. The Morgan fingerprint density at radius 1 is 1.31 bits per heavy atom. The highest BCUT2D eigenvalue weighted by Gasteiger charge is 2.28. The van der Waals surface area contributed by atoms with Crippen molar-refractivity contribution in [2.45, 2.75) is 12.6 Å². The van der Waals surface area contributed by atoms with Crippen LogP contribution in [0.5, 0.6) is 5.75 Å². The number of para-hydroxylation sites is 1. The minimum absolute atomic E-state index is 0.0535. The van der Waals surface area contributed by atoms with Crippen LogP contribution in [0.4, 0.5) is 13.2 Å². The average Bonchev–Trinajstić information content (AvgIpc) is 2.14. The second kappa shape index (κ2) is 4.87. The van der Waals surface area contributed by atoms with E-state index in [1.807, 2.05) is 0 Å². The van der Waals surface area contributed by atoms with E-state index in [0.29, 0.717) is 0 Å². The van der Waals surface area contributed by atoms with Crippen molar-refractivity contribution in [1.29, 1.82) is 0 Å². The highest BCUT2D eigenvalue weighted by Crippen LogP contribution is 2.22. The van der Waals surface area contributed by atoms with Gasteiger partial charge >= 0.3 is 12.1 Å². The number of hydrogen-bond donors (Lipinski definition) is 1. The first-order chi connectivity index (χ1) is 7.38. The molecule has 0 atom stereocenters. The van der Waals surface area contributed by atoms with Gasteiger partial charge in [-0.05, 0) is 6.07 Å². The monoisotopic (exact) mass is 234 g/mol. The van der Waals surface area contributed by atoms with Crippen LogP contribution in [0.1, 0.15) is 5.56 Å². The van der Waals surface area contributed by atoms with Crippen molar-refractivity contribution < 1.29 is 27.8 Å². The first-order valence-electron chi connectivity index (χ1n) is 4.38. The molecular weight excluding hydrogens is 225 g/mol. The van der Waals surface area contributed by atoms with Crippen molar-refractivity contribution in [3.05, 3.63) is 29.8 Å². The number of hydrogen-bond acceptors (Lipinski definition) is 2. The van der Waals surface area contributed by atoms with Gasteiger partial charge in [0.25, 0.3) is 0 Å². The van der Waals surface area contributed by atoms with E-state index >= 15 is 0 Å². The topological polar surface area (TPSA) is 46.5 Å². The Balaban J connectivity index is 2.75. The van der Waals surface area contributed by atoms with Crippen molar-refractivity contribution in [3.8, 4) is 5.75 Å². The predicted molar refractivity (Wildman–Crippen MR) is 49.3 cm³/mol. The minimum Gasteiger partial charge on any atom is -0.484 e. The minimum atomic E-state index is -4.43. The standard InChI is InChI=1S/C10H9F3O3/c11-10(12,13)6-16-8-4-2-1-3-7(8)5-9(14)15/h1-4H,5-6H2,(H,14,15). The molecule has 1 aromatic carbocycles. The molecule has 0 fully saturated rings. The number of ether oxygens (including phenoxy) is 1. The summed E-state index contributed by atoms with van der Waals surface area (Å²) in [5.74, 6) is -1.18. The molecule has 0 radical (unpaired) electrons. The maximum Gasteiger partial charge on any atom is 0.422 e. The van der Waals surface area contributed by atoms with Gasteiger partial charge in [-0.3, -0.25) is 4.79 Å². The number of alkyl halides is 3.